The molecule has 1 aromatic carbocycles. The van der Waals surface area contributed by atoms with Gasteiger partial charge in [0, 0.05) is 23.7 Å². The molecule has 0 aliphatic carbocycles. The van der Waals surface area contributed by atoms with Crippen LogP contribution in [0.5, 0.6) is 5.75 Å². The van der Waals surface area contributed by atoms with E-state index in [0.29, 0.717) is 5.92 Å². The van der Waals surface area contributed by atoms with Gasteiger partial charge >= 0.3 is 0 Å². The van der Waals surface area contributed by atoms with Gasteiger partial charge in [0.15, 0.2) is 0 Å². The van der Waals surface area contributed by atoms with Crippen LogP contribution in [0.2, 0.25) is 0 Å². The minimum atomic E-state index is 0.0448. The SMILES string of the molecule is COc1ccc(Br)c(C(N)C2CCOCC2)c1. The van der Waals surface area contributed by atoms with Crippen LogP contribution >= 0.6 is 15.9 Å². The van der Waals surface area contributed by atoms with Crippen molar-refractivity contribution in [2.24, 2.45) is 11.7 Å². The molecule has 1 heterocycles. The molecule has 0 amide bonds. The maximum absolute atomic E-state index is 6.35. The topological polar surface area (TPSA) is 44.5 Å². The van der Waals surface area contributed by atoms with Gasteiger partial charge < -0.3 is 15.2 Å². The maximum atomic E-state index is 6.35. The van der Waals surface area contributed by atoms with Gasteiger partial charge in [-0.3, -0.25) is 0 Å². The van der Waals surface area contributed by atoms with E-state index >= 15 is 0 Å². The number of ether oxygens (including phenoxy) is 2. The zero-order chi connectivity index (χ0) is 12.3. The molecular weight excluding hydrogens is 282 g/mol. The van der Waals surface area contributed by atoms with Crippen molar-refractivity contribution in [1.29, 1.82) is 0 Å². The standard InChI is InChI=1S/C13H18BrNO2/c1-16-10-2-3-12(14)11(8-10)13(15)9-4-6-17-7-5-9/h2-3,8-9,13H,4-7,15H2,1H3. The molecule has 1 saturated heterocycles. The van der Waals surface area contributed by atoms with Crippen LogP contribution in [0.1, 0.15) is 24.4 Å². The maximum Gasteiger partial charge on any atom is 0.119 e. The van der Waals surface area contributed by atoms with Crippen molar-refractivity contribution in [3.05, 3.63) is 28.2 Å². The summed E-state index contributed by atoms with van der Waals surface area (Å²) in [5, 5.41) is 0. The van der Waals surface area contributed by atoms with E-state index < -0.39 is 0 Å². The summed E-state index contributed by atoms with van der Waals surface area (Å²) in [5.41, 5.74) is 7.47. The molecule has 2 N–H and O–H groups in total. The molecule has 0 radical (unpaired) electrons. The van der Waals surface area contributed by atoms with E-state index in [2.05, 4.69) is 15.9 Å². The van der Waals surface area contributed by atoms with Crippen molar-refractivity contribution in [3.8, 4) is 5.75 Å². The van der Waals surface area contributed by atoms with E-state index in [4.69, 9.17) is 15.2 Å². The van der Waals surface area contributed by atoms with E-state index in [1.165, 1.54) is 0 Å². The monoisotopic (exact) mass is 299 g/mol. The lowest BCUT2D eigenvalue weighted by molar-refractivity contribution is 0.0583. The smallest absolute Gasteiger partial charge is 0.119 e. The summed E-state index contributed by atoms with van der Waals surface area (Å²) < 4.78 is 11.7. The Morgan fingerprint density at radius 3 is 2.76 bits per heavy atom. The van der Waals surface area contributed by atoms with Crippen LogP contribution < -0.4 is 10.5 Å². The highest BCUT2D eigenvalue weighted by molar-refractivity contribution is 9.10. The Morgan fingerprint density at radius 1 is 1.41 bits per heavy atom. The summed E-state index contributed by atoms with van der Waals surface area (Å²) in [4.78, 5) is 0. The van der Waals surface area contributed by atoms with Crippen LogP contribution in [0.25, 0.3) is 0 Å². The third-order valence-corrected chi connectivity index (χ3v) is 4.06. The normalized spacial score (nSPS) is 19.0. The Hall–Kier alpha value is -0.580. The van der Waals surface area contributed by atoms with Gasteiger partial charge in [-0.25, -0.2) is 0 Å². The van der Waals surface area contributed by atoms with Crippen LogP contribution in [0, 0.1) is 5.92 Å². The first-order valence-corrected chi connectivity index (χ1v) is 6.68. The fraction of sp³-hybridized carbons (Fsp3) is 0.538. The van der Waals surface area contributed by atoms with E-state index in [-0.39, 0.29) is 6.04 Å². The lowest BCUT2D eigenvalue weighted by atomic mass is 9.88. The largest absolute Gasteiger partial charge is 0.497 e. The summed E-state index contributed by atoms with van der Waals surface area (Å²) in [6.07, 6.45) is 2.07. The molecule has 1 aromatic rings. The Labute approximate surface area is 110 Å². The third kappa shape index (κ3) is 3.00. The fourth-order valence-electron chi connectivity index (χ4n) is 2.23. The van der Waals surface area contributed by atoms with Crippen LogP contribution in [0.3, 0.4) is 0 Å². The van der Waals surface area contributed by atoms with Gasteiger partial charge in [0.1, 0.15) is 5.75 Å². The molecule has 3 nitrogen and oxygen atoms in total. The third-order valence-electron chi connectivity index (χ3n) is 3.34. The lowest BCUT2D eigenvalue weighted by Gasteiger charge is -2.28. The molecule has 2 rings (SSSR count). The summed E-state index contributed by atoms with van der Waals surface area (Å²) in [6.45, 7) is 1.64. The molecule has 1 atom stereocenters. The van der Waals surface area contributed by atoms with Crippen LogP contribution in [0.4, 0.5) is 0 Å². The Bertz CT molecular complexity index is 378. The Balaban J connectivity index is 2.19. The van der Waals surface area contributed by atoms with E-state index in [1.54, 1.807) is 7.11 Å². The van der Waals surface area contributed by atoms with Crippen molar-refractivity contribution < 1.29 is 9.47 Å². The summed E-state index contributed by atoms with van der Waals surface area (Å²) >= 11 is 3.56. The minimum absolute atomic E-state index is 0.0448. The molecule has 1 unspecified atom stereocenters. The molecule has 0 aromatic heterocycles. The molecular formula is C13H18BrNO2. The number of hydrogen-bond donors (Lipinski definition) is 1. The molecule has 0 saturated carbocycles. The van der Waals surface area contributed by atoms with Gasteiger partial charge in [-0.15, -0.1) is 0 Å². The lowest BCUT2D eigenvalue weighted by Crippen LogP contribution is -2.27. The minimum Gasteiger partial charge on any atom is -0.497 e. The van der Waals surface area contributed by atoms with Gasteiger partial charge in [0.05, 0.1) is 7.11 Å². The molecule has 94 valence electrons. The Morgan fingerprint density at radius 2 is 2.12 bits per heavy atom. The number of halogens is 1. The fourth-order valence-corrected chi connectivity index (χ4v) is 2.74. The second-order valence-electron chi connectivity index (χ2n) is 4.36. The van der Waals surface area contributed by atoms with Crippen molar-refractivity contribution in [2.45, 2.75) is 18.9 Å². The van der Waals surface area contributed by atoms with E-state index in [1.807, 2.05) is 18.2 Å². The van der Waals surface area contributed by atoms with E-state index in [0.717, 1.165) is 41.8 Å². The zero-order valence-corrected chi connectivity index (χ0v) is 11.6. The highest BCUT2D eigenvalue weighted by Crippen LogP contribution is 2.34. The molecule has 1 fully saturated rings. The second-order valence-corrected chi connectivity index (χ2v) is 5.22. The van der Waals surface area contributed by atoms with Gasteiger partial charge in [-0.1, -0.05) is 15.9 Å². The molecule has 0 bridgehead atoms. The zero-order valence-electron chi connectivity index (χ0n) is 9.99. The number of benzene rings is 1. The van der Waals surface area contributed by atoms with Gasteiger partial charge in [-0.05, 0) is 42.5 Å². The average Bonchev–Trinajstić information content (AvgIpc) is 2.39. The van der Waals surface area contributed by atoms with Crippen molar-refractivity contribution in [2.75, 3.05) is 20.3 Å². The number of nitrogens with two attached hydrogens (primary N) is 1. The first-order valence-electron chi connectivity index (χ1n) is 5.89. The first kappa shape index (κ1) is 12.9. The van der Waals surface area contributed by atoms with Crippen LogP contribution in [0.15, 0.2) is 22.7 Å². The van der Waals surface area contributed by atoms with E-state index in [9.17, 15) is 0 Å². The number of methoxy groups -OCH3 is 1. The van der Waals surface area contributed by atoms with Gasteiger partial charge in [0.2, 0.25) is 0 Å². The average molecular weight is 300 g/mol. The molecule has 0 spiro atoms. The Kier molecular flexibility index (Phi) is 4.42. The van der Waals surface area contributed by atoms with Gasteiger partial charge in [-0.2, -0.15) is 0 Å². The highest BCUT2D eigenvalue weighted by atomic mass is 79.9. The summed E-state index contributed by atoms with van der Waals surface area (Å²) in [5.74, 6) is 1.35. The predicted molar refractivity (Wildman–Crippen MR) is 71.2 cm³/mol. The number of rotatable bonds is 3. The second kappa shape index (κ2) is 5.85. The van der Waals surface area contributed by atoms with Crippen molar-refractivity contribution >= 4 is 15.9 Å². The highest BCUT2D eigenvalue weighted by Gasteiger charge is 2.24. The molecule has 4 heteroatoms. The van der Waals surface area contributed by atoms with Crippen molar-refractivity contribution in [3.63, 3.8) is 0 Å². The molecule has 17 heavy (non-hydrogen) atoms. The summed E-state index contributed by atoms with van der Waals surface area (Å²) in [7, 11) is 1.67. The van der Waals surface area contributed by atoms with Crippen LogP contribution in [-0.2, 0) is 4.74 Å². The first-order chi connectivity index (χ1) is 8.22. The molecule has 1 aliphatic heterocycles. The predicted octanol–water partition coefficient (Wildman–Crippen LogP) is 2.88. The quantitative estimate of drug-likeness (QED) is 0.933. The van der Waals surface area contributed by atoms with Crippen LogP contribution in [-0.4, -0.2) is 20.3 Å². The van der Waals surface area contributed by atoms with Crippen molar-refractivity contribution in [1.82, 2.24) is 0 Å². The molecule has 1 aliphatic rings. The summed E-state index contributed by atoms with van der Waals surface area (Å²) in [6, 6.07) is 5.99. The van der Waals surface area contributed by atoms with Gasteiger partial charge in [0.25, 0.3) is 0 Å². The number of hydrogen-bond acceptors (Lipinski definition) is 3.